The van der Waals surface area contributed by atoms with Crippen LogP contribution in [0.25, 0.3) is 11.0 Å². The monoisotopic (exact) mass is 307 g/mol. The van der Waals surface area contributed by atoms with Crippen LogP contribution in [0.15, 0.2) is 33.9 Å². The number of fused-ring (bicyclic) bond motifs is 1. The summed E-state index contributed by atoms with van der Waals surface area (Å²) in [6, 6.07) is 4.97. The molecule has 0 amide bonds. The first-order chi connectivity index (χ1) is 9.97. The Hall–Kier alpha value is -2.42. The van der Waals surface area contributed by atoms with E-state index in [1.54, 1.807) is 16.7 Å². The lowest BCUT2D eigenvalue weighted by Crippen LogP contribution is -2.06. The fourth-order valence-corrected chi connectivity index (χ4v) is 3.01. The van der Waals surface area contributed by atoms with Crippen LogP contribution in [0.1, 0.15) is 5.89 Å². The fourth-order valence-electron chi connectivity index (χ4n) is 2.19. The van der Waals surface area contributed by atoms with Crippen molar-refractivity contribution in [1.82, 2.24) is 19.7 Å². The average Bonchev–Trinajstić information content (AvgIpc) is 3.01. The summed E-state index contributed by atoms with van der Waals surface area (Å²) in [5.74, 6) is 0.733. The van der Waals surface area contributed by atoms with Crippen molar-refractivity contribution in [3.05, 3.63) is 30.4 Å². The second kappa shape index (κ2) is 4.85. The Morgan fingerprint density at radius 2 is 2.19 bits per heavy atom. The number of nitrogens with zero attached hydrogens (tertiary/aromatic N) is 4. The normalized spacial score (nSPS) is 12.0. The summed E-state index contributed by atoms with van der Waals surface area (Å²) < 4.78 is 30.2. The third-order valence-corrected chi connectivity index (χ3v) is 4.26. The summed E-state index contributed by atoms with van der Waals surface area (Å²) in [6.07, 6.45) is 2.96. The molecule has 0 saturated heterocycles. The van der Waals surface area contributed by atoms with Gasteiger partial charge in [0.2, 0.25) is 11.8 Å². The third kappa shape index (κ3) is 2.47. The van der Waals surface area contributed by atoms with Crippen molar-refractivity contribution in [3.63, 3.8) is 0 Å². The predicted octanol–water partition coefficient (Wildman–Crippen LogP) is 0.648. The molecule has 0 fully saturated rings. The minimum Gasteiger partial charge on any atom is -0.369 e. The van der Waals surface area contributed by atoms with Gasteiger partial charge in [0.15, 0.2) is 16.2 Å². The number of rotatable bonds is 4. The number of anilines is 1. The van der Waals surface area contributed by atoms with Gasteiger partial charge in [-0.1, -0.05) is 11.2 Å². The van der Waals surface area contributed by atoms with Crippen molar-refractivity contribution >= 4 is 26.8 Å². The van der Waals surface area contributed by atoms with Gasteiger partial charge < -0.3 is 14.8 Å². The zero-order valence-corrected chi connectivity index (χ0v) is 12.0. The minimum atomic E-state index is -3.36. The Kier molecular flexibility index (Phi) is 3.13. The summed E-state index contributed by atoms with van der Waals surface area (Å²) in [7, 11) is -3.36. The number of hydrogen-bond donors (Lipinski definition) is 1. The van der Waals surface area contributed by atoms with Gasteiger partial charge in [-0.2, -0.15) is 4.98 Å². The van der Waals surface area contributed by atoms with E-state index in [9.17, 15) is 8.42 Å². The first-order valence-electron chi connectivity index (χ1n) is 6.17. The Morgan fingerprint density at radius 1 is 1.38 bits per heavy atom. The highest BCUT2D eigenvalue weighted by molar-refractivity contribution is 7.91. The number of imidazole rings is 1. The topological polar surface area (TPSA) is 117 Å². The maximum Gasteiger partial charge on any atom is 0.228 e. The van der Waals surface area contributed by atoms with Crippen molar-refractivity contribution in [2.24, 2.45) is 0 Å². The molecule has 0 spiro atoms. The standard InChI is InChI=1S/C12H13N5O3S/c1-21(18,19)9-4-2-3-8-11(9)16-12(13)17(8)6-5-10-14-7-15-20-10/h2-4,7H,5-6H2,1H3,(H2,13,16). The van der Waals surface area contributed by atoms with Crippen LogP contribution in [-0.2, 0) is 22.8 Å². The van der Waals surface area contributed by atoms with Crippen LogP contribution >= 0.6 is 0 Å². The van der Waals surface area contributed by atoms with Crippen molar-refractivity contribution in [2.75, 3.05) is 12.0 Å². The van der Waals surface area contributed by atoms with Crippen molar-refractivity contribution in [2.45, 2.75) is 17.9 Å². The summed E-state index contributed by atoms with van der Waals surface area (Å²) in [5, 5.41) is 3.53. The predicted molar refractivity (Wildman–Crippen MR) is 75.3 cm³/mol. The van der Waals surface area contributed by atoms with E-state index in [4.69, 9.17) is 10.3 Å². The van der Waals surface area contributed by atoms with Crippen molar-refractivity contribution in [1.29, 1.82) is 0 Å². The number of nitrogen functional groups attached to an aromatic ring is 1. The lowest BCUT2D eigenvalue weighted by molar-refractivity contribution is 0.372. The molecule has 0 aliphatic heterocycles. The van der Waals surface area contributed by atoms with Gasteiger partial charge in [0.1, 0.15) is 5.52 Å². The molecule has 2 heterocycles. The second-order valence-corrected chi connectivity index (χ2v) is 6.59. The van der Waals surface area contributed by atoms with Crippen LogP contribution in [0.4, 0.5) is 5.95 Å². The Morgan fingerprint density at radius 3 is 2.86 bits per heavy atom. The van der Waals surface area contributed by atoms with Crippen LogP contribution in [-0.4, -0.2) is 34.4 Å². The molecule has 9 heteroatoms. The Labute approximate surface area is 120 Å². The molecule has 0 atom stereocenters. The molecule has 1 aromatic carbocycles. The van der Waals surface area contributed by atoms with Crippen molar-refractivity contribution in [3.8, 4) is 0 Å². The maximum absolute atomic E-state index is 11.8. The zero-order chi connectivity index (χ0) is 15.0. The van der Waals surface area contributed by atoms with E-state index in [0.717, 1.165) is 6.26 Å². The molecule has 0 aliphatic carbocycles. The smallest absolute Gasteiger partial charge is 0.228 e. The molecule has 0 aliphatic rings. The molecule has 0 unspecified atom stereocenters. The van der Waals surface area contributed by atoms with Gasteiger partial charge in [-0.3, -0.25) is 0 Å². The fraction of sp³-hybridized carbons (Fsp3) is 0.250. The maximum atomic E-state index is 11.8. The van der Waals surface area contributed by atoms with E-state index in [1.807, 2.05) is 0 Å². The van der Waals surface area contributed by atoms with Crippen LogP contribution in [0.3, 0.4) is 0 Å². The Balaban J connectivity index is 2.05. The number of hydrogen-bond acceptors (Lipinski definition) is 7. The molecule has 8 nitrogen and oxygen atoms in total. The minimum absolute atomic E-state index is 0.170. The van der Waals surface area contributed by atoms with Gasteiger partial charge in [-0.25, -0.2) is 13.4 Å². The van der Waals surface area contributed by atoms with Gasteiger partial charge in [0.25, 0.3) is 0 Å². The van der Waals surface area contributed by atoms with E-state index in [1.165, 1.54) is 12.4 Å². The molecule has 110 valence electrons. The lowest BCUT2D eigenvalue weighted by Gasteiger charge is -2.04. The molecule has 0 radical (unpaired) electrons. The summed E-state index contributed by atoms with van der Waals surface area (Å²) in [5.41, 5.74) is 6.94. The molecule has 0 saturated carbocycles. The number of para-hydroxylation sites is 1. The molecular formula is C12H13N5O3S. The molecule has 3 rings (SSSR count). The summed E-state index contributed by atoms with van der Waals surface area (Å²) in [4.78, 5) is 8.28. The van der Waals surface area contributed by atoms with E-state index in [2.05, 4.69) is 15.1 Å². The highest BCUT2D eigenvalue weighted by atomic mass is 32.2. The lowest BCUT2D eigenvalue weighted by atomic mass is 10.3. The third-order valence-electron chi connectivity index (χ3n) is 3.13. The van der Waals surface area contributed by atoms with E-state index in [0.29, 0.717) is 29.9 Å². The van der Waals surface area contributed by atoms with Crippen LogP contribution in [0.2, 0.25) is 0 Å². The molecule has 2 N–H and O–H groups in total. The summed E-state index contributed by atoms with van der Waals surface area (Å²) in [6.45, 7) is 0.470. The number of aromatic nitrogens is 4. The molecular weight excluding hydrogens is 294 g/mol. The average molecular weight is 307 g/mol. The van der Waals surface area contributed by atoms with Gasteiger partial charge >= 0.3 is 0 Å². The highest BCUT2D eigenvalue weighted by Gasteiger charge is 2.17. The van der Waals surface area contributed by atoms with Gasteiger partial charge in [-0.15, -0.1) is 0 Å². The molecule has 2 aromatic heterocycles. The first-order valence-corrected chi connectivity index (χ1v) is 8.06. The van der Waals surface area contributed by atoms with Crippen molar-refractivity contribution < 1.29 is 12.9 Å². The quantitative estimate of drug-likeness (QED) is 0.751. The SMILES string of the molecule is CS(=O)(=O)c1cccc2c1nc(N)n2CCc1ncno1. The Bertz CT molecular complexity index is 883. The largest absolute Gasteiger partial charge is 0.369 e. The number of benzene rings is 1. The van der Waals surface area contributed by atoms with E-state index >= 15 is 0 Å². The van der Waals surface area contributed by atoms with Crippen LogP contribution < -0.4 is 5.73 Å². The van der Waals surface area contributed by atoms with Crippen LogP contribution in [0.5, 0.6) is 0 Å². The first kappa shape index (κ1) is 13.6. The summed E-state index contributed by atoms with van der Waals surface area (Å²) >= 11 is 0. The number of sulfone groups is 1. The van der Waals surface area contributed by atoms with Gasteiger partial charge in [0.05, 0.1) is 10.4 Å². The van der Waals surface area contributed by atoms with E-state index in [-0.39, 0.29) is 10.8 Å². The molecule has 0 bridgehead atoms. The van der Waals surface area contributed by atoms with Gasteiger partial charge in [0, 0.05) is 19.2 Å². The molecule has 3 aromatic rings. The van der Waals surface area contributed by atoms with Gasteiger partial charge in [-0.05, 0) is 12.1 Å². The number of aryl methyl sites for hydroxylation is 2. The zero-order valence-electron chi connectivity index (χ0n) is 11.2. The number of nitrogens with two attached hydrogens (primary N) is 1. The molecule has 21 heavy (non-hydrogen) atoms. The highest BCUT2D eigenvalue weighted by Crippen LogP contribution is 2.25. The van der Waals surface area contributed by atoms with Crippen LogP contribution in [0, 0.1) is 0 Å². The second-order valence-electron chi connectivity index (χ2n) is 4.60. The van der Waals surface area contributed by atoms with E-state index < -0.39 is 9.84 Å².